The van der Waals surface area contributed by atoms with Crippen LogP contribution in [0.15, 0.2) is 52.5 Å². The molecule has 3 rings (SSSR count). The van der Waals surface area contributed by atoms with E-state index in [1.807, 2.05) is 0 Å². The average molecular weight is 429 g/mol. The quantitative estimate of drug-likeness (QED) is 0.540. The number of carbonyl (C=O) groups is 3. The molecule has 0 saturated heterocycles. The smallest absolute Gasteiger partial charge is 0.342 e. The minimum absolute atomic E-state index is 0.177. The first kappa shape index (κ1) is 21.1. The molecule has 8 nitrogen and oxygen atoms in total. The number of hydrogen-bond donors (Lipinski definition) is 1. The molecular weight excluding hydrogens is 410 g/mol. The van der Waals surface area contributed by atoms with Gasteiger partial charge in [-0.3, -0.25) is 4.79 Å². The summed E-state index contributed by atoms with van der Waals surface area (Å²) >= 11 is 1.14. The number of carbonyl (C=O) groups excluding carboxylic acids is 3. The van der Waals surface area contributed by atoms with Crippen molar-refractivity contribution in [2.24, 2.45) is 0 Å². The van der Waals surface area contributed by atoms with Gasteiger partial charge < -0.3 is 23.9 Å². The fourth-order valence-corrected chi connectivity index (χ4v) is 3.61. The van der Waals surface area contributed by atoms with Crippen molar-refractivity contribution < 1.29 is 33.0 Å². The molecule has 0 fully saturated rings. The van der Waals surface area contributed by atoms with Crippen molar-refractivity contribution in [1.29, 1.82) is 0 Å². The van der Waals surface area contributed by atoms with Crippen LogP contribution in [0, 0.1) is 0 Å². The number of ether oxygens (including phenoxy) is 3. The Kier molecular flexibility index (Phi) is 6.87. The third kappa shape index (κ3) is 4.69. The lowest BCUT2D eigenvalue weighted by Gasteiger charge is -2.10. The third-order valence-corrected chi connectivity index (χ3v) is 4.87. The van der Waals surface area contributed by atoms with Gasteiger partial charge in [-0.15, -0.1) is 11.3 Å². The van der Waals surface area contributed by atoms with Gasteiger partial charge >= 0.3 is 11.9 Å². The summed E-state index contributed by atoms with van der Waals surface area (Å²) in [6.07, 6.45) is 1.48. The first-order chi connectivity index (χ1) is 14.5. The summed E-state index contributed by atoms with van der Waals surface area (Å²) < 4.78 is 20.6. The van der Waals surface area contributed by atoms with Crippen LogP contribution >= 0.6 is 11.3 Å². The molecule has 1 aromatic carbocycles. The maximum atomic E-state index is 12.4. The summed E-state index contributed by atoms with van der Waals surface area (Å²) in [5, 5.41) is 4.55. The van der Waals surface area contributed by atoms with E-state index < -0.39 is 24.5 Å². The Hall–Kier alpha value is -3.59. The Morgan fingerprint density at radius 2 is 1.87 bits per heavy atom. The molecule has 1 amide bonds. The third-order valence-electron chi connectivity index (χ3n) is 3.97. The summed E-state index contributed by atoms with van der Waals surface area (Å²) in [6, 6.07) is 9.92. The van der Waals surface area contributed by atoms with Crippen molar-refractivity contribution in [3.8, 4) is 17.1 Å². The summed E-state index contributed by atoms with van der Waals surface area (Å²) in [5.74, 6) is -1.08. The molecule has 9 heteroatoms. The number of thiophene rings is 1. The molecule has 1 N–H and O–H groups in total. The highest BCUT2D eigenvalue weighted by molar-refractivity contribution is 7.15. The largest absolute Gasteiger partial charge is 0.496 e. The molecule has 2 aromatic heterocycles. The van der Waals surface area contributed by atoms with Gasteiger partial charge in [-0.25, -0.2) is 9.59 Å². The van der Waals surface area contributed by atoms with Crippen LogP contribution in [0.5, 0.6) is 5.75 Å². The van der Waals surface area contributed by atoms with E-state index in [0.29, 0.717) is 17.1 Å². The van der Waals surface area contributed by atoms with Crippen molar-refractivity contribution in [2.45, 2.75) is 6.92 Å². The lowest BCUT2D eigenvalue weighted by molar-refractivity contribution is -0.119. The van der Waals surface area contributed by atoms with E-state index >= 15 is 0 Å². The zero-order valence-corrected chi connectivity index (χ0v) is 17.1. The maximum absolute atomic E-state index is 12.4. The van der Waals surface area contributed by atoms with Crippen LogP contribution in [0.4, 0.5) is 5.00 Å². The van der Waals surface area contributed by atoms with Gasteiger partial charge in [0.1, 0.15) is 27.6 Å². The monoisotopic (exact) mass is 429 g/mol. The SMILES string of the molecule is CCOC(=O)c1c(-c2ccco2)csc1NC(=O)COC(=O)c1ccccc1OC. The van der Waals surface area contributed by atoms with Crippen LogP contribution in [-0.4, -0.2) is 38.2 Å². The molecule has 0 bridgehead atoms. The molecule has 0 radical (unpaired) electrons. The zero-order valence-electron chi connectivity index (χ0n) is 16.3. The van der Waals surface area contributed by atoms with Crippen molar-refractivity contribution in [2.75, 3.05) is 25.6 Å². The van der Waals surface area contributed by atoms with Gasteiger partial charge in [0.15, 0.2) is 6.61 Å². The highest BCUT2D eigenvalue weighted by Gasteiger charge is 2.24. The average Bonchev–Trinajstić information content (AvgIpc) is 3.42. The predicted molar refractivity (Wildman–Crippen MR) is 110 cm³/mol. The van der Waals surface area contributed by atoms with Gasteiger partial charge in [0.25, 0.3) is 5.91 Å². The molecule has 0 aliphatic carbocycles. The number of rotatable bonds is 8. The first-order valence-corrected chi connectivity index (χ1v) is 9.85. The summed E-state index contributed by atoms with van der Waals surface area (Å²) in [4.78, 5) is 37.0. The number of furan rings is 1. The Balaban J connectivity index is 1.72. The Labute approximate surface area is 176 Å². The van der Waals surface area contributed by atoms with Gasteiger partial charge in [-0.1, -0.05) is 12.1 Å². The number of anilines is 1. The minimum Gasteiger partial charge on any atom is -0.496 e. The molecule has 0 aliphatic heterocycles. The number of methoxy groups -OCH3 is 1. The van der Waals surface area contributed by atoms with Gasteiger partial charge in [0, 0.05) is 10.9 Å². The van der Waals surface area contributed by atoms with E-state index in [4.69, 9.17) is 18.6 Å². The Bertz CT molecular complexity index is 1040. The molecule has 0 aliphatic rings. The second-order valence-corrected chi connectivity index (χ2v) is 6.76. The molecule has 2 heterocycles. The highest BCUT2D eigenvalue weighted by atomic mass is 32.1. The van der Waals surface area contributed by atoms with E-state index in [9.17, 15) is 14.4 Å². The maximum Gasteiger partial charge on any atom is 0.342 e. The van der Waals surface area contributed by atoms with Crippen molar-refractivity contribution in [3.05, 3.63) is 59.2 Å². The minimum atomic E-state index is -0.698. The highest BCUT2D eigenvalue weighted by Crippen LogP contribution is 2.36. The van der Waals surface area contributed by atoms with E-state index in [0.717, 1.165) is 11.3 Å². The molecule has 156 valence electrons. The van der Waals surface area contributed by atoms with Gasteiger partial charge in [0.2, 0.25) is 0 Å². The number of esters is 2. The number of para-hydroxylation sites is 1. The number of amides is 1. The van der Waals surface area contributed by atoms with Crippen molar-refractivity contribution in [1.82, 2.24) is 0 Å². The zero-order chi connectivity index (χ0) is 21.5. The van der Waals surface area contributed by atoms with Gasteiger partial charge in [-0.05, 0) is 31.2 Å². The molecule has 0 spiro atoms. The van der Waals surface area contributed by atoms with Crippen LogP contribution in [0.2, 0.25) is 0 Å². The van der Waals surface area contributed by atoms with Gasteiger partial charge in [0.05, 0.1) is 20.0 Å². The number of benzene rings is 1. The molecule has 0 atom stereocenters. The summed E-state index contributed by atoms with van der Waals surface area (Å²) in [6.45, 7) is 1.33. The topological polar surface area (TPSA) is 104 Å². The van der Waals surface area contributed by atoms with Gasteiger partial charge in [-0.2, -0.15) is 0 Å². The second kappa shape index (κ2) is 9.75. The van der Waals surface area contributed by atoms with E-state index in [-0.39, 0.29) is 22.7 Å². The fourth-order valence-electron chi connectivity index (χ4n) is 2.65. The Morgan fingerprint density at radius 3 is 2.57 bits per heavy atom. The molecule has 30 heavy (non-hydrogen) atoms. The van der Waals surface area contributed by atoms with E-state index in [2.05, 4.69) is 5.32 Å². The van der Waals surface area contributed by atoms with Crippen LogP contribution in [0.3, 0.4) is 0 Å². The molecule has 0 saturated carbocycles. The Morgan fingerprint density at radius 1 is 1.07 bits per heavy atom. The van der Waals surface area contributed by atoms with Crippen LogP contribution < -0.4 is 10.1 Å². The number of hydrogen-bond acceptors (Lipinski definition) is 8. The fraction of sp³-hybridized carbons (Fsp3) is 0.190. The van der Waals surface area contributed by atoms with Crippen LogP contribution in [-0.2, 0) is 14.3 Å². The van der Waals surface area contributed by atoms with Crippen molar-refractivity contribution in [3.63, 3.8) is 0 Å². The summed E-state index contributed by atoms with van der Waals surface area (Å²) in [7, 11) is 1.43. The normalized spacial score (nSPS) is 10.3. The molecule has 3 aromatic rings. The van der Waals surface area contributed by atoms with E-state index in [1.54, 1.807) is 42.6 Å². The van der Waals surface area contributed by atoms with Crippen LogP contribution in [0.25, 0.3) is 11.3 Å². The second-order valence-electron chi connectivity index (χ2n) is 5.88. The summed E-state index contributed by atoms with van der Waals surface area (Å²) in [5.41, 5.74) is 0.891. The first-order valence-electron chi connectivity index (χ1n) is 8.97. The lowest BCUT2D eigenvalue weighted by atomic mass is 10.1. The van der Waals surface area contributed by atoms with Crippen LogP contribution in [0.1, 0.15) is 27.6 Å². The molecular formula is C21H19NO7S. The van der Waals surface area contributed by atoms with Crippen molar-refractivity contribution >= 4 is 34.2 Å². The predicted octanol–water partition coefficient (Wildman–Crippen LogP) is 3.99. The lowest BCUT2D eigenvalue weighted by Crippen LogP contribution is -2.22. The number of nitrogens with one attached hydrogen (secondary N) is 1. The van der Waals surface area contributed by atoms with E-state index in [1.165, 1.54) is 19.4 Å². The standard InChI is InChI=1S/C21H19NO7S/c1-3-27-21(25)18-14(16-9-6-10-28-16)12-30-19(18)22-17(23)11-29-20(24)13-7-4-5-8-15(13)26-2/h4-10,12H,3,11H2,1-2H3,(H,22,23). The molecule has 0 unspecified atom stereocenters.